The Labute approximate surface area is 108 Å². The molecule has 5 heteroatoms. The molecule has 3 N–H and O–H groups in total. The summed E-state index contributed by atoms with van der Waals surface area (Å²) in [5, 5.41) is 15.0. The van der Waals surface area contributed by atoms with Crippen molar-refractivity contribution >= 4 is 17.8 Å². The first-order chi connectivity index (χ1) is 8.11. The number of rotatable bonds is 5. The second-order valence-corrected chi connectivity index (χ2v) is 6.19. The number of nitrogens with one attached hydrogen (secondary N) is 2. The quantitative estimate of drug-likeness (QED) is 0.703. The Morgan fingerprint density at radius 2 is 2.29 bits per heavy atom. The average molecular weight is 260 g/mol. The van der Waals surface area contributed by atoms with Crippen molar-refractivity contribution in [3.05, 3.63) is 0 Å². The number of thioether (sulfide) groups is 1. The molecule has 100 valence electrons. The SMILES string of the molecule is CC(C)CC(CO)NC(=O)NC1CCCSC1. The molecule has 1 rings (SSSR count). The Balaban J connectivity index is 2.26. The Kier molecular flexibility index (Phi) is 6.73. The highest BCUT2D eigenvalue weighted by atomic mass is 32.2. The lowest BCUT2D eigenvalue weighted by Crippen LogP contribution is -2.49. The van der Waals surface area contributed by atoms with E-state index in [-0.39, 0.29) is 24.7 Å². The minimum atomic E-state index is -0.141. The Morgan fingerprint density at radius 3 is 2.82 bits per heavy atom. The number of amides is 2. The summed E-state index contributed by atoms with van der Waals surface area (Å²) < 4.78 is 0. The third-order valence-corrected chi connectivity index (χ3v) is 4.02. The molecule has 17 heavy (non-hydrogen) atoms. The van der Waals surface area contributed by atoms with Crippen LogP contribution in [0, 0.1) is 5.92 Å². The summed E-state index contributed by atoms with van der Waals surface area (Å²) in [6.45, 7) is 4.17. The molecule has 0 bridgehead atoms. The first-order valence-electron chi connectivity index (χ1n) is 6.37. The predicted octanol–water partition coefficient (Wildman–Crippen LogP) is 1.59. The first kappa shape index (κ1) is 14.6. The van der Waals surface area contributed by atoms with E-state index in [2.05, 4.69) is 24.5 Å². The molecular weight excluding hydrogens is 236 g/mol. The molecule has 0 radical (unpaired) electrons. The van der Waals surface area contributed by atoms with Crippen LogP contribution in [-0.4, -0.2) is 41.3 Å². The topological polar surface area (TPSA) is 61.4 Å². The van der Waals surface area contributed by atoms with Gasteiger partial charge in [-0.25, -0.2) is 4.79 Å². The highest BCUT2D eigenvalue weighted by Gasteiger charge is 2.18. The van der Waals surface area contributed by atoms with Gasteiger partial charge in [0.15, 0.2) is 0 Å². The fourth-order valence-electron chi connectivity index (χ4n) is 2.02. The van der Waals surface area contributed by atoms with Crippen LogP contribution in [-0.2, 0) is 0 Å². The summed E-state index contributed by atoms with van der Waals surface area (Å²) in [7, 11) is 0. The van der Waals surface area contributed by atoms with Crippen LogP contribution in [0.25, 0.3) is 0 Å². The van der Waals surface area contributed by atoms with Crippen molar-refractivity contribution in [1.29, 1.82) is 0 Å². The molecule has 2 atom stereocenters. The van der Waals surface area contributed by atoms with Crippen molar-refractivity contribution in [3.63, 3.8) is 0 Å². The van der Waals surface area contributed by atoms with Crippen LogP contribution in [0.2, 0.25) is 0 Å². The molecule has 1 heterocycles. The van der Waals surface area contributed by atoms with Crippen LogP contribution >= 0.6 is 11.8 Å². The zero-order chi connectivity index (χ0) is 12.7. The van der Waals surface area contributed by atoms with Gasteiger partial charge in [-0.1, -0.05) is 13.8 Å². The molecular formula is C12H24N2O2S. The summed E-state index contributed by atoms with van der Waals surface area (Å²) in [5.41, 5.74) is 0. The molecule has 0 spiro atoms. The van der Waals surface area contributed by atoms with Gasteiger partial charge in [-0.2, -0.15) is 11.8 Å². The first-order valence-corrected chi connectivity index (χ1v) is 7.53. The maximum absolute atomic E-state index is 11.7. The molecule has 1 saturated heterocycles. The molecule has 2 amide bonds. The molecule has 0 aliphatic carbocycles. The fraction of sp³-hybridized carbons (Fsp3) is 0.917. The van der Waals surface area contributed by atoms with Crippen LogP contribution in [0.15, 0.2) is 0 Å². The van der Waals surface area contributed by atoms with Gasteiger partial charge in [-0.15, -0.1) is 0 Å². The van der Waals surface area contributed by atoms with Crippen molar-refractivity contribution in [2.24, 2.45) is 5.92 Å². The zero-order valence-corrected chi connectivity index (χ0v) is 11.6. The lowest BCUT2D eigenvalue weighted by Gasteiger charge is -2.24. The largest absolute Gasteiger partial charge is 0.394 e. The predicted molar refractivity (Wildman–Crippen MR) is 72.3 cm³/mol. The molecule has 1 aliphatic heterocycles. The van der Waals surface area contributed by atoms with Crippen molar-refractivity contribution in [3.8, 4) is 0 Å². The van der Waals surface area contributed by atoms with Crippen molar-refractivity contribution in [2.45, 2.75) is 45.2 Å². The third-order valence-electron chi connectivity index (χ3n) is 2.81. The number of carbonyl (C=O) groups is 1. The maximum atomic E-state index is 11.7. The van der Waals surface area contributed by atoms with Gasteiger partial charge in [0.25, 0.3) is 0 Å². The van der Waals surface area contributed by atoms with Gasteiger partial charge in [0.05, 0.1) is 12.6 Å². The van der Waals surface area contributed by atoms with Gasteiger partial charge in [0.2, 0.25) is 0 Å². The third kappa shape index (κ3) is 6.17. The fourth-order valence-corrected chi connectivity index (χ4v) is 3.09. The van der Waals surface area contributed by atoms with Gasteiger partial charge >= 0.3 is 6.03 Å². The molecule has 0 saturated carbocycles. The zero-order valence-electron chi connectivity index (χ0n) is 10.7. The van der Waals surface area contributed by atoms with E-state index in [1.807, 2.05) is 11.8 Å². The second kappa shape index (κ2) is 7.82. The number of urea groups is 1. The van der Waals surface area contributed by atoms with Crippen LogP contribution in [0.1, 0.15) is 33.1 Å². The lowest BCUT2D eigenvalue weighted by atomic mass is 10.0. The van der Waals surface area contributed by atoms with Crippen LogP contribution in [0.4, 0.5) is 4.79 Å². The van der Waals surface area contributed by atoms with Gasteiger partial charge in [-0.3, -0.25) is 0 Å². The molecule has 4 nitrogen and oxygen atoms in total. The van der Waals surface area contributed by atoms with Crippen LogP contribution < -0.4 is 10.6 Å². The standard InChI is InChI=1S/C12H24N2O2S/c1-9(2)6-11(7-15)14-12(16)13-10-4-3-5-17-8-10/h9-11,15H,3-8H2,1-2H3,(H2,13,14,16). The second-order valence-electron chi connectivity index (χ2n) is 5.04. The number of carbonyl (C=O) groups excluding carboxylic acids is 1. The van der Waals surface area contributed by atoms with E-state index in [0.717, 1.165) is 18.6 Å². The summed E-state index contributed by atoms with van der Waals surface area (Å²) in [6, 6.07) is 0.00980. The van der Waals surface area contributed by atoms with E-state index in [1.165, 1.54) is 12.2 Å². The maximum Gasteiger partial charge on any atom is 0.315 e. The normalized spacial score (nSPS) is 22.2. The van der Waals surface area contributed by atoms with Gasteiger partial charge in [-0.05, 0) is 30.9 Å². The van der Waals surface area contributed by atoms with Crippen molar-refractivity contribution < 1.29 is 9.90 Å². The monoisotopic (exact) mass is 260 g/mol. The van der Waals surface area contributed by atoms with Crippen LogP contribution in [0.5, 0.6) is 0 Å². The van der Waals surface area contributed by atoms with E-state index in [1.54, 1.807) is 0 Å². The molecule has 1 aliphatic rings. The molecule has 0 aromatic carbocycles. The summed E-state index contributed by atoms with van der Waals surface area (Å²) in [5.74, 6) is 2.67. The highest BCUT2D eigenvalue weighted by Crippen LogP contribution is 2.16. The number of hydrogen-bond donors (Lipinski definition) is 3. The summed E-state index contributed by atoms with van der Waals surface area (Å²) in [6.07, 6.45) is 3.04. The van der Waals surface area contributed by atoms with Crippen molar-refractivity contribution in [2.75, 3.05) is 18.1 Å². The van der Waals surface area contributed by atoms with Gasteiger partial charge in [0.1, 0.15) is 0 Å². The average Bonchev–Trinajstić information content (AvgIpc) is 2.28. The highest BCUT2D eigenvalue weighted by molar-refractivity contribution is 7.99. The molecule has 1 fully saturated rings. The number of hydrogen-bond acceptors (Lipinski definition) is 3. The van der Waals surface area contributed by atoms with E-state index >= 15 is 0 Å². The van der Waals surface area contributed by atoms with E-state index in [4.69, 9.17) is 0 Å². The van der Waals surface area contributed by atoms with E-state index < -0.39 is 0 Å². The molecule has 0 aromatic rings. The van der Waals surface area contributed by atoms with E-state index in [9.17, 15) is 9.90 Å². The Morgan fingerprint density at radius 1 is 1.53 bits per heavy atom. The molecule has 2 unspecified atom stereocenters. The molecule has 0 aromatic heterocycles. The Hall–Kier alpha value is -0.420. The summed E-state index contributed by atoms with van der Waals surface area (Å²) >= 11 is 1.89. The van der Waals surface area contributed by atoms with Gasteiger partial charge < -0.3 is 15.7 Å². The summed E-state index contributed by atoms with van der Waals surface area (Å²) in [4.78, 5) is 11.7. The lowest BCUT2D eigenvalue weighted by molar-refractivity contribution is 0.204. The van der Waals surface area contributed by atoms with Crippen molar-refractivity contribution in [1.82, 2.24) is 10.6 Å². The Bertz CT molecular complexity index is 231. The minimum absolute atomic E-state index is 0.00498. The number of aliphatic hydroxyl groups is 1. The minimum Gasteiger partial charge on any atom is -0.394 e. The number of aliphatic hydroxyl groups excluding tert-OH is 1. The van der Waals surface area contributed by atoms with E-state index in [0.29, 0.717) is 5.92 Å². The van der Waals surface area contributed by atoms with Gasteiger partial charge in [0, 0.05) is 11.8 Å². The van der Waals surface area contributed by atoms with Crippen LogP contribution in [0.3, 0.4) is 0 Å². The smallest absolute Gasteiger partial charge is 0.315 e.